The van der Waals surface area contributed by atoms with Crippen molar-refractivity contribution in [3.63, 3.8) is 0 Å². The number of nitrogens with one attached hydrogen (secondary N) is 1. The van der Waals surface area contributed by atoms with Gasteiger partial charge in [0.15, 0.2) is 0 Å². The number of carbonyl (C=O) groups is 1. The number of hydrogen-bond donors (Lipinski definition) is 2. The second-order valence-electron chi connectivity index (χ2n) is 5.18. The molecule has 0 heterocycles. The third-order valence-electron chi connectivity index (χ3n) is 3.85. The summed E-state index contributed by atoms with van der Waals surface area (Å²) in [5.41, 5.74) is 4.72. The van der Waals surface area contributed by atoms with Gasteiger partial charge in [0, 0.05) is 6.54 Å². The molecule has 0 bridgehead atoms. The van der Waals surface area contributed by atoms with Gasteiger partial charge in [-0.05, 0) is 30.5 Å². The SMILES string of the molecule is NC(=S)C1(C(=O)NCc2ccc(C(F)(F)F)cc2)CCC1. The molecule has 1 aromatic carbocycles. The number of thiocarbonyl (C=S) groups is 1. The number of benzene rings is 1. The van der Waals surface area contributed by atoms with Gasteiger partial charge in [-0.15, -0.1) is 0 Å². The number of alkyl halides is 3. The molecule has 1 aliphatic carbocycles. The number of rotatable bonds is 4. The van der Waals surface area contributed by atoms with Gasteiger partial charge in [0.25, 0.3) is 0 Å². The molecule has 1 fully saturated rings. The predicted molar refractivity (Wildman–Crippen MR) is 76.4 cm³/mol. The molecule has 1 aliphatic rings. The van der Waals surface area contributed by atoms with E-state index in [-0.39, 0.29) is 17.4 Å². The molecular weight excluding hydrogens is 301 g/mol. The number of nitrogens with two attached hydrogens (primary N) is 1. The minimum absolute atomic E-state index is 0.154. The Hall–Kier alpha value is -1.63. The predicted octanol–water partition coefficient (Wildman–Crippen LogP) is 2.78. The van der Waals surface area contributed by atoms with Crippen molar-refractivity contribution in [3.05, 3.63) is 35.4 Å². The number of amides is 1. The van der Waals surface area contributed by atoms with Crippen LogP contribution in [0.5, 0.6) is 0 Å². The maximum atomic E-state index is 12.4. The highest BCUT2D eigenvalue weighted by Gasteiger charge is 2.46. The van der Waals surface area contributed by atoms with E-state index in [2.05, 4.69) is 5.32 Å². The van der Waals surface area contributed by atoms with Crippen LogP contribution in [-0.4, -0.2) is 10.9 Å². The van der Waals surface area contributed by atoms with Gasteiger partial charge in [0.05, 0.1) is 16.0 Å². The van der Waals surface area contributed by atoms with Crippen LogP contribution in [0.15, 0.2) is 24.3 Å². The summed E-state index contributed by atoms with van der Waals surface area (Å²) >= 11 is 4.94. The minimum atomic E-state index is -4.36. The molecule has 1 aromatic rings. The minimum Gasteiger partial charge on any atom is -0.392 e. The third-order valence-corrected chi connectivity index (χ3v) is 4.24. The number of hydrogen-bond acceptors (Lipinski definition) is 2. The molecule has 7 heteroatoms. The Morgan fingerprint density at radius 2 is 1.86 bits per heavy atom. The van der Waals surface area contributed by atoms with Gasteiger partial charge in [0.1, 0.15) is 0 Å². The monoisotopic (exact) mass is 316 g/mol. The van der Waals surface area contributed by atoms with Crippen LogP contribution in [0.4, 0.5) is 13.2 Å². The van der Waals surface area contributed by atoms with E-state index in [1.165, 1.54) is 12.1 Å². The lowest BCUT2D eigenvalue weighted by Gasteiger charge is -2.39. The fraction of sp³-hybridized carbons (Fsp3) is 0.429. The van der Waals surface area contributed by atoms with Gasteiger partial charge in [-0.3, -0.25) is 4.79 Å². The second-order valence-corrected chi connectivity index (χ2v) is 5.62. The van der Waals surface area contributed by atoms with Crippen molar-refractivity contribution in [2.45, 2.75) is 32.0 Å². The van der Waals surface area contributed by atoms with Crippen molar-refractivity contribution in [3.8, 4) is 0 Å². The zero-order valence-corrected chi connectivity index (χ0v) is 12.0. The van der Waals surface area contributed by atoms with Crippen LogP contribution in [0.25, 0.3) is 0 Å². The number of halogens is 3. The average molecular weight is 316 g/mol. The molecule has 0 radical (unpaired) electrons. The van der Waals surface area contributed by atoms with Crippen LogP contribution in [0.1, 0.15) is 30.4 Å². The maximum Gasteiger partial charge on any atom is 0.416 e. The zero-order valence-electron chi connectivity index (χ0n) is 11.2. The van der Waals surface area contributed by atoms with E-state index in [1.54, 1.807) is 0 Å². The third kappa shape index (κ3) is 3.18. The van der Waals surface area contributed by atoms with Crippen molar-refractivity contribution in [1.29, 1.82) is 0 Å². The molecule has 0 unspecified atom stereocenters. The van der Waals surface area contributed by atoms with Gasteiger partial charge < -0.3 is 11.1 Å². The Bertz CT molecular complexity index is 550. The first-order valence-corrected chi connectivity index (χ1v) is 6.91. The van der Waals surface area contributed by atoms with E-state index in [1.807, 2.05) is 0 Å². The molecule has 21 heavy (non-hydrogen) atoms. The fourth-order valence-corrected chi connectivity index (χ4v) is 2.58. The topological polar surface area (TPSA) is 55.1 Å². The molecule has 0 spiro atoms. The molecular formula is C14H15F3N2OS. The van der Waals surface area contributed by atoms with E-state index in [0.717, 1.165) is 18.6 Å². The van der Waals surface area contributed by atoms with Crippen LogP contribution < -0.4 is 11.1 Å². The number of carbonyl (C=O) groups excluding carboxylic acids is 1. The van der Waals surface area contributed by atoms with Gasteiger partial charge in [-0.25, -0.2) is 0 Å². The summed E-state index contributed by atoms with van der Waals surface area (Å²) in [6, 6.07) is 4.68. The van der Waals surface area contributed by atoms with Crippen LogP contribution in [0, 0.1) is 5.41 Å². The van der Waals surface area contributed by atoms with Crippen molar-refractivity contribution >= 4 is 23.1 Å². The van der Waals surface area contributed by atoms with Gasteiger partial charge >= 0.3 is 6.18 Å². The Kier molecular flexibility index (Phi) is 4.22. The van der Waals surface area contributed by atoms with Crippen molar-refractivity contribution in [2.75, 3.05) is 0 Å². The summed E-state index contributed by atoms with van der Waals surface area (Å²) in [5, 5.41) is 2.69. The standard InChI is InChI=1S/C14H15F3N2OS/c15-14(16,17)10-4-2-9(3-5-10)8-19-12(20)13(11(18)21)6-1-7-13/h2-5H,1,6-8H2,(H2,18,21)(H,19,20). The molecule has 3 nitrogen and oxygen atoms in total. The molecule has 0 aromatic heterocycles. The summed E-state index contributed by atoms with van der Waals surface area (Å²) < 4.78 is 37.3. The smallest absolute Gasteiger partial charge is 0.392 e. The lowest BCUT2D eigenvalue weighted by molar-refractivity contribution is -0.137. The van der Waals surface area contributed by atoms with Crippen molar-refractivity contribution < 1.29 is 18.0 Å². The Balaban J connectivity index is 1.97. The van der Waals surface area contributed by atoms with E-state index >= 15 is 0 Å². The Labute approximate surface area is 125 Å². The average Bonchev–Trinajstić information content (AvgIpc) is 2.34. The van der Waals surface area contributed by atoms with Gasteiger partial charge in [-0.1, -0.05) is 30.8 Å². The van der Waals surface area contributed by atoms with Gasteiger partial charge in [0.2, 0.25) is 5.91 Å². The highest BCUT2D eigenvalue weighted by atomic mass is 32.1. The van der Waals surface area contributed by atoms with E-state index in [9.17, 15) is 18.0 Å². The van der Waals surface area contributed by atoms with E-state index in [0.29, 0.717) is 18.4 Å². The molecule has 2 rings (SSSR count). The maximum absolute atomic E-state index is 12.4. The van der Waals surface area contributed by atoms with Crippen molar-refractivity contribution in [2.24, 2.45) is 11.1 Å². The molecule has 1 amide bonds. The molecule has 1 saturated carbocycles. The Morgan fingerprint density at radius 1 is 1.29 bits per heavy atom. The van der Waals surface area contributed by atoms with Crippen LogP contribution in [0.3, 0.4) is 0 Å². The summed E-state index contributed by atoms with van der Waals surface area (Å²) in [7, 11) is 0. The zero-order chi connectivity index (χ0) is 15.7. The quantitative estimate of drug-likeness (QED) is 0.840. The largest absolute Gasteiger partial charge is 0.416 e. The molecule has 3 N–H and O–H groups in total. The summed E-state index contributed by atoms with van der Waals surface area (Å²) in [6.07, 6.45) is -2.21. The first kappa shape index (κ1) is 15.8. The van der Waals surface area contributed by atoms with Crippen LogP contribution in [0.2, 0.25) is 0 Å². The second kappa shape index (κ2) is 5.63. The Morgan fingerprint density at radius 3 is 2.24 bits per heavy atom. The van der Waals surface area contributed by atoms with Crippen molar-refractivity contribution in [1.82, 2.24) is 5.32 Å². The fourth-order valence-electron chi connectivity index (χ4n) is 2.28. The molecule has 114 valence electrons. The van der Waals surface area contributed by atoms with Gasteiger partial charge in [-0.2, -0.15) is 13.2 Å². The molecule has 0 aliphatic heterocycles. The molecule has 0 atom stereocenters. The normalized spacial score (nSPS) is 16.9. The highest BCUT2D eigenvalue weighted by molar-refractivity contribution is 7.80. The summed E-state index contributed by atoms with van der Waals surface area (Å²) in [6.45, 7) is 0.154. The van der Waals surface area contributed by atoms with E-state index < -0.39 is 17.2 Å². The van der Waals surface area contributed by atoms with Crippen LogP contribution >= 0.6 is 12.2 Å². The highest BCUT2D eigenvalue weighted by Crippen LogP contribution is 2.41. The van der Waals surface area contributed by atoms with Crippen LogP contribution in [-0.2, 0) is 17.5 Å². The lowest BCUT2D eigenvalue weighted by Crippen LogP contribution is -2.52. The molecule has 0 saturated heterocycles. The lowest BCUT2D eigenvalue weighted by atomic mass is 9.68. The summed E-state index contributed by atoms with van der Waals surface area (Å²) in [4.78, 5) is 12.3. The first-order chi connectivity index (χ1) is 9.75. The first-order valence-electron chi connectivity index (χ1n) is 6.50. The summed E-state index contributed by atoms with van der Waals surface area (Å²) in [5.74, 6) is -0.249. The van der Waals surface area contributed by atoms with E-state index in [4.69, 9.17) is 18.0 Å².